The van der Waals surface area contributed by atoms with Crippen molar-refractivity contribution >= 4 is 27.3 Å². The predicted octanol–water partition coefficient (Wildman–Crippen LogP) is 3.26. The van der Waals surface area contributed by atoms with Crippen LogP contribution in [-0.4, -0.2) is 31.1 Å². The Morgan fingerprint density at radius 2 is 2.19 bits per heavy atom. The average Bonchev–Trinajstić information content (AvgIpc) is 2.74. The van der Waals surface area contributed by atoms with Crippen LogP contribution in [0.3, 0.4) is 0 Å². The Labute approximate surface area is 110 Å². The summed E-state index contributed by atoms with van der Waals surface area (Å²) in [6.45, 7) is 6.90. The number of halogens is 1. The highest BCUT2D eigenvalue weighted by molar-refractivity contribution is 9.11. The van der Waals surface area contributed by atoms with Crippen molar-refractivity contribution in [2.24, 2.45) is 0 Å². The van der Waals surface area contributed by atoms with Crippen LogP contribution in [0.5, 0.6) is 0 Å². The van der Waals surface area contributed by atoms with E-state index in [0.29, 0.717) is 6.04 Å². The first-order valence-electron chi connectivity index (χ1n) is 6.01. The highest BCUT2D eigenvalue weighted by atomic mass is 79.9. The molecule has 1 N–H and O–H groups in total. The highest BCUT2D eigenvalue weighted by Crippen LogP contribution is 2.33. The van der Waals surface area contributed by atoms with Gasteiger partial charge in [0.05, 0.1) is 3.79 Å². The Balaban J connectivity index is 2.09. The van der Waals surface area contributed by atoms with Crippen LogP contribution in [0, 0.1) is 0 Å². The maximum atomic E-state index is 3.56. The van der Waals surface area contributed by atoms with Gasteiger partial charge in [0.25, 0.3) is 0 Å². The molecule has 0 spiro atoms. The van der Waals surface area contributed by atoms with E-state index in [-0.39, 0.29) is 0 Å². The number of thiophene rings is 1. The molecule has 0 saturated carbocycles. The van der Waals surface area contributed by atoms with Crippen molar-refractivity contribution in [3.63, 3.8) is 0 Å². The lowest BCUT2D eigenvalue weighted by Crippen LogP contribution is -2.44. The average molecular weight is 303 g/mol. The summed E-state index contributed by atoms with van der Waals surface area (Å²) in [7, 11) is 0. The lowest BCUT2D eigenvalue weighted by atomic mass is 10.1. The Morgan fingerprint density at radius 3 is 2.75 bits per heavy atom. The van der Waals surface area contributed by atoms with E-state index < -0.39 is 0 Å². The smallest absolute Gasteiger partial charge is 0.0701 e. The minimum absolute atomic E-state index is 0.628. The fourth-order valence-corrected chi connectivity index (χ4v) is 3.87. The number of nitrogens with zero attached hydrogens (tertiary/aromatic N) is 1. The van der Waals surface area contributed by atoms with Crippen molar-refractivity contribution in [1.29, 1.82) is 0 Å². The SMILES string of the molecule is CCC[C@@H](c1ccc(Br)s1)N1CCNCC1. The second-order valence-corrected chi connectivity index (χ2v) is 6.73. The van der Waals surface area contributed by atoms with Crippen LogP contribution >= 0.6 is 27.3 Å². The van der Waals surface area contributed by atoms with Crippen LogP contribution in [0.2, 0.25) is 0 Å². The molecule has 1 aliphatic heterocycles. The summed E-state index contributed by atoms with van der Waals surface area (Å²) >= 11 is 5.45. The molecule has 1 aliphatic rings. The molecule has 1 saturated heterocycles. The van der Waals surface area contributed by atoms with Crippen LogP contribution in [0.15, 0.2) is 15.9 Å². The molecule has 1 aromatic heterocycles. The van der Waals surface area contributed by atoms with Gasteiger partial charge in [-0.15, -0.1) is 11.3 Å². The topological polar surface area (TPSA) is 15.3 Å². The molecule has 2 nitrogen and oxygen atoms in total. The Kier molecular flexibility index (Phi) is 4.82. The zero-order valence-electron chi connectivity index (χ0n) is 9.71. The molecule has 1 fully saturated rings. The molecule has 0 aliphatic carbocycles. The Morgan fingerprint density at radius 1 is 1.44 bits per heavy atom. The van der Waals surface area contributed by atoms with E-state index >= 15 is 0 Å². The van der Waals surface area contributed by atoms with Gasteiger partial charge in [-0.05, 0) is 34.5 Å². The van der Waals surface area contributed by atoms with Crippen molar-refractivity contribution < 1.29 is 0 Å². The van der Waals surface area contributed by atoms with Crippen LogP contribution in [-0.2, 0) is 0 Å². The third-order valence-electron chi connectivity index (χ3n) is 3.08. The first kappa shape index (κ1) is 12.6. The molecular weight excluding hydrogens is 284 g/mol. The summed E-state index contributed by atoms with van der Waals surface area (Å²) in [6.07, 6.45) is 2.52. The van der Waals surface area contributed by atoms with E-state index in [0.717, 1.165) is 13.1 Å². The third kappa shape index (κ3) is 3.06. The van der Waals surface area contributed by atoms with E-state index in [9.17, 15) is 0 Å². The summed E-state index contributed by atoms with van der Waals surface area (Å²) in [6, 6.07) is 5.07. The van der Waals surface area contributed by atoms with Gasteiger partial charge in [0.1, 0.15) is 0 Å². The van der Waals surface area contributed by atoms with Crippen LogP contribution in [0.1, 0.15) is 30.7 Å². The van der Waals surface area contributed by atoms with Crippen LogP contribution in [0.25, 0.3) is 0 Å². The van der Waals surface area contributed by atoms with Crippen molar-refractivity contribution in [2.45, 2.75) is 25.8 Å². The van der Waals surface area contributed by atoms with E-state index in [1.165, 1.54) is 34.6 Å². The molecule has 16 heavy (non-hydrogen) atoms. The largest absolute Gasteiger partial charge is 0.314 e. The lowest BCUT2D eigenvalue weighted by molar-refractivity contribution is 0.167. The summed E-state index contributed by atoms with van der Waals surface area (Å²) in [5.74, 6) is 0. The van der Waals surface area contributed by atoms with Gasteiger partial charge in [-0.2, -0.15) is 0 Å². The summed E-state index contributed by atoms with van der Waals surface area (Å²) < 4.78 is 1.25. The molecule has 1 aromatic rings. The zero-order chi connectivity index (χ0) is 11.4. The molecule has 4 heteroatoms. The summed E-state index contributed by atoms with van der Waals surface area (Å²) in [5, 5.41) is 3.42. The van der Waals surface area contributed by atoms with E-state index in [1.54, 1.807) is 0 Å². The molecule has 2 rings (SSSR count). The molecule has 1 atom stereocenters. The molecule has 2 heterocycles. The first-order valence-corrected chi connectivity index (χ1v) is 7.62. The van der Waals surface area contributed by atoms with Gasteiger partial charge in [-0.25, -0.2) is 0 Å². The maximum Gasteiger partial charge on any atom is 0.0701 e. The van der Waals surface area contributed by atoms with E-state index in [2.05, 4.69) is 45.2 Å². The van der Waals surface area contributed by atoms with Crippen molar-refractivity contribution in [1.82, 2.24) is 10.2 Å². The summed E-state index contributed by atoms with van der Waals surface area (Å²) in [5.41, 5.74) is 0. The molecule has 0 aromatic carbocycles. The van der Waals surface area contributed by atoms with Crippen molar-refractivity contribution in [3.05, 3.63) is 20.8 Å². The number of nitrogens with one attached hydrogen (secondary N) is 1. The number of rotatable bonds is 4. The zero-order valence-corrected chi connectivity index (χ0v) is 12.1. The van der Waals surface area contributed by atoms with E-state index in [4.69, 9.17) is 0 Å². The van der Waals surface area contributed by atoms with Gasteiger partial charge < -0.3 is 5.32 Å². The summed E-state index contributed by atoms with van der Waals surface area (Å²) in [4.78, 5) is 4.13. The standard InChI is InChI=1S/C12H19BrN2S/c1-2-3-10(11-4-5-12(13)16-11)15-8-6-14-7-9-15/h4-5,10,14H,2-3,6-9H2,1H3/t10-/m0/s1. The van der Waals surface area contributed by atoms with Crippen molar-refractivity contribution in [2.75, 3.05) is 26.2 Å². The maximum absolute atomic E-state index is 3.56. The first-order chi connectivity index (χ1) is 7.81. The quantitative estimate of drug-likeness (QED) is 0.918. The fourth-order valence-electron chi connectivity index (χ4n) is 2.28. The van der Waals surface area contributed by atoms with Gasteiger partial charge in [-0.1, -0.05) is 13.3 Å². The lowest BCUT2D eigenvalue weighted by Gasteiger charge is -2.34. The highest BCUT2D eigenvalue weighted by Gasteiger charge is 2.22. The predicted molar refractivity (Wildman–Crippen MR) is 74.1 cm³/mol. The van der Waals surface area contributed by atoms with Gasteiger partial charge in [-0.3, -0.25) is 4.90 Å². The van der Waals surface area contributed by atoms with Crippen LogP contribution < -0.4 is 5.32 Å². The Bertz CT molecular complexity index is 321. The van der Waals surface area contributed by atoms with Crippen molar-refractivity contribution in [3.8, 4) is 0 Å². The number of piperazine rings is 1. The second-order valence-electron chi connectivity index (χ2n) is 4.23. The molecule has 0 radical (unpaired) electrons. The minimum Gasteiger partial charge on any atom is -0.314 e. The molecule has 0 unspecified atom stereocenters. The minimum atomic E-state index is 0.628. The fraction of sp³-hybridized carbons (Fsp3) is 0.667. The third-order valence-corrected chi connectivity index (χ3v) is 4.80. The van der Waals surface area contributed by atoms with Gasteiger partial charge in [0.2, 0.25) is 0 Å². The molecule has 0 bridgehead atoms. The molecular formula is C12H19BrN2S. The monoisotopic (exact) mass is 302 g/mol. The normalized spacial score (nSPS) is 19.9. The van der Waals surface area contributed by atoms with Gasteiger partial charge in [0.15, 0.2) is 0 Å². The molecule has 0 amide bonds. The second kappa shape index (κ2) is 6.15. The molecule has 90 valence electrons. The number of hydrogen-bond donors (Lipinski definition) is 1. The van der Waals surface area contributed by atoms with Gasteiger partial charge in [0, 0.05) is 37.1 Å². The number of hydrogen-bond acceptors (Lipinski definition) is 3. The van der Waals surface area contributed by atoms with Crippen LogP contribution in [0.4, 0.5) is 0 Å². The van der Waals surface area contributed by atoms with Gasteiger partial charge >= 0.3 is 0 Å². The Hall–Kier alpha value is 0.1000. The van der Waals surface area contributed by atoms with E-state index in [1.807, 2.05) is 11.3 Å².